The molecule has 5 nitrogen and oxygen atoms in total. The van der Waals surface area contributed by atoms with E-state index in [1.807, 2.05) is 60.0 Å². The lowest BCUT2D eigenvalue weighted by Crippen LogP contribution is -2.24. The molecule has 7 heteroatoms. The van der Waals surface area contributed by atoms with E-state index in [0.29, 0.717) is 17.2 Å². The molecule has 1 aliphatic carbocycles. The van der Waals surface area contributed by atoms with Gasteiger partial charge in [-0.1, -0.05) is 65.5 Å². The number of para-hydroxylation sites is 1. The summed E-state index contributed by atoms with van der Waals surface area (Å²) in [4.78, 5) is 13.7. The molecule has 2 heterocycles. The lowest BCUT2D eigenvalue weighted by molar-refractivity contribution is 0.350. The second kappa shape index (κ2) is 9.38. The number of hydrogen-bond donors (Lipinski definition) is 0. The molecule has 5 rings (SSSR count). The van der Waals surface area contributed by atoms with Gasteiger partial charge in [0.25, 0.3) is 0 Å². The number of halogens is 1. The molecule has 0 bridgehead atoms. The number of fused-ring (bicyclic) bond motifs is 1. The fourth-order valence-electron chi connectivity index (χ4n) is 4.22. The molecular weight excluding hydrogens is 486 g/mol. The van der Waals surface area contributed by atoms with Gasteiger partial charge < -0.3 is 8.98 Å². The molecule has 1 saturated carbocycles. The number of benzene rings is 2. The van der Waals surface area contributed by atoms with Gasteiger partial charge in [-0.3, -0.25) is 0 Å². The van der Waals surface area contributed by atoms with Crippen molar-refractivity contribution in [2.45, 2.75) is 38.1 Å². The molecule has 0 saturated heterocycles. The van der Waals surface area contributed by atoms with Crippen molar-refractivity contribution in [1.82, 2.24) is 4.57 Å². The minimum absolute atomic E-state index is 0.303. The van der Waals surface area contributed by atoms with Crippen LogP contribution in [0, 0.1) is 0 Å². The average molecular weight is 508 g/mol. The first-order valence-electron chi connectivity index (χ1n) is 10.7. The number of rotatable bonds is 4. The van der Waals surface area contributed by atoms with Crippen molar-refractivity contribution in [1.29, 1.82) is 0 Å². The Morgan fingerprint density at radius 2 is 1.84 bits per heavy atom. The molecular formula is C25H22BrN3O2S. The summed E-state index contributed by atoms with van der Waals surface area (Å²) in [7, 11) is 0. The van der Waals surface area contributed by atoms with E-state index >= 15 is 0 Å². The fourth-order valence-corrected chi connectivity index (χ4v) is 5.39. The maximum atomic E-state index is 12.9. The summed E-state index contributed by atoms with van der Waals surface area (Å²) >= 11 is 4.96. The van der Waals surface area contributed by atoms with Crippen molar-refractivity contribution >= 4 is 44.5 Å². The van der Waals surface area contributed by atoms with Crippen molar-refractivity contribution in [3.63, 3.8) is 0 Å². The Kier molecular flexibility index (Phi) is 6.19. The molecule has 1 aliphatic rings. The molecule has 32 heavy (non-hydrogen) atoms. The average Bonchev–Trinajstić information content (AvgIpc) is 3.24. The van der Waals surface area contributed by atoms with Crippen LogP contribution in [0.2, 0.25) is 0 Å². The zero-order valence-electron chi connectivity index (χ0n) is 17.4. The van der Waals surface area contributed by atoms with E-state index in [1.165, 1.54) is 30.6 Å². The van der Waals surface area contributed by atoms with E-state index in [1.54, 1.807) is 6.21 Å². The van der Waals surface area contributed by atoms with Crippen molar-refractivity contribution in [2.24, 2.45) is 10.2 Å². The van der Waals surface area contributed by atoms with Crippen LogP contribution in [0.5, 0.6) is 0 Å². The summed E-state index contributed by atoms with van der Waals surface area (Å²) in [5.41, 5.74) is 2.69. The Balaban J connectivity index is 1.61. The maximum Gasteiger partial charge on any atom is 0.345 e. The molecule has 2 aromatic heterocycles. The van der Waals surface area contributed by atoms with Gasteiger partial charge in [0.15, 0.2) is 0 Å². The third-order valence-corrected chi connectivity index (χ3v) is 7.18. The van der Waals surface area contributed by atoms with Crippen molar-refractivity contribution in [2.75, 3.05) is 0 Å². The standard InChI is InChI=1S/C25H22BrN3O2S/c26-19-12-10-17(11-13-19)15-27-28-25-29(20-7-2-1-3-8-20)22(16-32-25)21-14-18-6-4-5-9-23(18)31-24(21)30/h4-6,9-16,20H,1-3,7-8H2/b27-15+,28-25+. The summed E-state index contributed by atoms with van der Waals surface area (Å²) in [5, 5.41) is 11.8. The monoisotopic (exact) mass is 507 g/mol. The second-order valence-electron chi connectivity index (χ2n) is 7.95. The summed E-state index contributed by atoms with van der Waals surface area (Å²) in [6.45, 7) is 0. The van der Waals surface area contributed by atoms with Crippen LogP contribution in [0.1, 0.15) is 43.7 Å². The molecule has 2 aromatic carbocycles. The lowest BCUT2D eigenvalue weighted by atomic mass is 9.95. The molecule has 0 aliphatic heterocycles. The number of aromatic nitrogens is 1. The number of nitrogens with zero attached hydrogens (tertiary/aromatic N) is 3. The maximum absolute atomic E-state index is 12.9. The summed E-state index contributed by atoms with van der Waals surface area (Å²) < 4.78 is 8.84. The first-order valence-corrected chi connectivity index (χ1v) is 12.4. The molecule has 0 spiro atoms. The van der Waals surface area contributed by atoms with E-state index in [-0.39, 0.29) is 5.63 Å². The van der Waals surface area contributed by atoms with Gasteiger partial charge in [0.05, 0.1) is 17.5 Å². The first-order chi connectivity index (χ1) is 15.7. The number of thiazole rings is 1. The highest BCUT2D eigenvalue weighted by Crippen LogP contribution is 2.32. The molecule has 162 valence electrons. The van der Waals surface area contributed by atoms with Crippen LogP contribution in [0.15, 0.2) is 83.9 Å². The largest absolute Gasteiger partial charge is 0.422 e. The minimum Gasteiger partial charge on any atom is -0.422 e. The van der Waals surface area contributed by atoms with Gasteiger partial charge in [-0.25, -0.2) is 4.79 Å². The summed E-state index contributed by atoms with van der Waals surface area (Å²) in [6.07, 6.45) is 7.52. The van der Waals surface area contributed by atoms with Crippen LogP contribution in [0.25, 0.3) is 22.2 Å². The predicted octanol–water partition coefficient (Wildman–Crippen LogP) is 6.53. The Morgan fingerprint density at radius 1 is 1.06 bits per heavy atom. The van der Waals surface area contributed by atoms with Crippen LogP contribution < -0.4 is 10.4 Å². The van der Waals surface area contributed by atoms with Gasteiger partial charge in [-0.2, -0.15) is 5.10 Å². The third kappa shape index (κ3) is 4.40. The topological polar surface area (TPSA) is 59.9 Å². The SMILES string of the molecule is O=c1oc2ccccc2cc1-c1cs/c(=N/N=C/c2ccc(Br)cc2)n1C1CCCCC1. The highest BCUT2D eigenvalue weighted by molar-refractivity contribution is 9.10. The van der Waals surface area contributed by atoms with E-state index in [0.717, 1.165) is 38.8 Å². The van der Waals surface area contributed by atoms with Crippen LogP contribution >= 0.6 is 27.3 Å². The Labute approximate surface area is 197 Å². The van der Waals surface area contributed by atoms with E-state index in [9.17, 15) is 4.79 Å². The lowest BCUT2D eigenvalue weighted by Gasteiger charge is -2.24. The summed E-state index contributed by atoms with van der Waals surface area (Å²) in [5.74, 6) is 0. The minimum atomic E-state index is -0.323. The predicted molar refractivity (Wildman–Crippen MR) is 133 cm³/mol. The van der Waals surface area contributed by atoms with Crippen LogP contribution in [0.3, 0.4) is 0 Å². The Hall–Kier alpha value is -2.77. The van der Waals surface area contributed by atoms with Gasteiger partial charge in [-0.15, -0.1) is 16.4 Å². The molecule has 0 amide bonds. The van der Waals surface area contributed by atoms with Crippen LogP contribution in [-0.4, -0.2) is 10.8 Å². The number of hydrogen-bond acceptors (Lipinski definition) is 5. The van der Waals surface area contributed by atoms with E-state index < -0.39 is 0 Å². The van der Waals surface area contributed by atoms with Gasteiger partial charge in [0, 0.05) is 21.3 Å². The fraction of sp³-hybridized carbons (Fsp3) is 0.240. The van der Waals surface area contributed by atoms with Gasteiger partial charge >= 0.3 is 5.63 Å². The molecule has 0 N–H and O–H groups in total. The zero-order chi connectivity index (χ0) is 21.9. The quantitative estimate of drug-likeness (QED) is 0.179. The highest BCUT2D eigenvalue weighted by Gasteiger charge is 2.22. The molecule has 0 unspecified atom stereocenters. The normalized spacial score (nSPS) is 15.7. The molecule has 0 radical (unpaired) electrons. The van der Waals surface area contributed by atoms with Crippen molar-refractivity contribution in [3.8, 4) is 11.3 Å². The molecule has 1 fully saturated rings. The van der Waals surface area contributed by atoms with Crippen molar-refractivity contribution in [3.05, 3.63) is 85.2 Å². The second-order valence-corrected chi connectivity index (χ2v) is 9.70. The van der Waals surface area contributed by atoms with E-state index in [2.05, 4.69) is 30.7 Å². The van der Waals surface area contributed by atoms with Gasteiger partial charge in [0.2, 0.25) is 4.80 Å². The first kappa shape index (κ1) is 21.1. The summed E-state index contributed by atoms with van der Waals surface area (Å²) in [6, 6.07) is 17.8. The molecule has 4 aromatic rings. The smallest absolute Gasteiger partial charge is 0.345 e. The van der Waals surface area contributed by atoms with Gasteiger partial charge in [0.1, 0.15) is 5.58 Å². The van der Waals surface area contributed by atoms with Gasteiger partial charge in [-0.05, 0) is 42.7 Å². The highest BCUT2D eigenvalue weighted by atomic mass is 79.9. The van der Waals surface area contributed by atoms with Crippen LogP contribution in [0.4, 0.5) is 0 Å². The van der Waals surface area contributed by atoms with E-state index in [4.69, 9.17) is 4.42 Å². The molecule has 0 atom stereocenters. The Bertz CT molecular complexity index is 1390. The van der Waals surface area contributed by atoms with Crippen molar-refractivity contribution < 1.29 is 4.42 Å². The van der Waals surface area contributed by atoms with Crippen LogP contribution in [-0.2, 0) is 0 Å². The zero-order valence-corrected chi connectivity index (χ0v) is 19.8. The Morgan fingerprint density at radius 3 is 2.66 bits per heavy atom. The third-order valence-electron chi connectivity index (χ3n) is 5.82.